The number of nitrogens with zero attached hydrogens (tertiary/aromatic N) is 2. The smallest absolute Gasteiger partial charge is 0.266 e. The lowest BCUT2D eigenvalue weighted by molar-refractivity contribution is 0.102. The molecule has 0 saturated carbocycles. The van der Waals surface area contributed by atoms with E-state index in [1.165, 1.54) is 16.3 Å². The van der Waals surface area contributed by atoms with Crippen LogP contribution in [0.15, 0.2) is 64.5 Å². The van der Waals surface area contributed by atoms with Gasteiger partial charge in [0.15, 0.2) is 22.4 Å². The minimum atomic E-state index is -0.213. The van der Waals surface area contributed by atoms with E-state index < -0.39 is 0 Å². The topological polar surface area (TPSA) is 70.4 Å². The lowest BCUT2D eigenvalue weighted by atomic mass is 9.97. The number of para-hydroxylation sites is 1. The molecule has 0 aliphatic rings. The molecule has 0 atom stereocenters. The lowest BCUT2D eigenvalue weighted by Crippen LogP contribution is -2.22. The highest BCUT2D eigenvalue weighted by Crippen LogP contribution is 2.31. The molecule has 0 aliphatic heterocycles. The van der Waals surface area contributed by atoms with Crippen molar-refractivity contribution >= 4 is 28.4 Å². The van der Waals surface area contributed by atoms with Crippen molar-refractivity contribution in [1.82, 2.24) is 9.55 Å². The van der Waals surface area contributed by atoms with E-state index >= 15 is 0 Å². The summed E-state index contributed by atoms with van der Waals surface area (Å²) in [6.07, 6.45) is 0. The van der Waals surface area contributed by atoms with Crippen LogP contribution in [0.5, 0.6) is 11.5 Å². The van der Waals surface area contributed by atoms with Crippen LogP contribution in [0.3, 0.4) is 0 Å². The van der Waals surface area contributed by atoms with Crippen LogP contribution in [0.25, 0.3) is 16.6 Å². The summed E-state index contributed by atoms with van der Waals surface area (Å²) in [6, 6.07) is 16.5. The highest BCUT2D eigenvalue weighted by molar-refractivity contribution is 7.99. The van der Waals surface area contributed by atoms with Crippen LogP contribution in [0, 0.1) is 20.8 Å². The van der Waals surface area contributed by atoms with Crippen molar-refractivity contribution in [2.24, 2.45) is 0 Å². The third-order valence-corrected chi connectivity index (χ3v) is 6.60. The Morgan fingerprint density at radius 1 is 0.941 bits per heavy atom. The number of fused-ring (bicyclic) bond motifs is 1. The molecular formula is C27H26N2O4S. The number of thioether (sulfide) groups is 1. The standard InChI is InChI=1S/C27H26N2O4S/c1-16-12-17(2)25(18(3)13-16)22(30)15-34-27-28-21-9-7-6-8-20(21)26(31)29(27)19-10-11-23(32-4)24(14-19)33-5/h6-14H,15H2,1-5H3. The maximum Gasteiger partial charge on any atom is 0.266 e. The molecule has 0 radical (unpaired) electrons. The molecule has 0 aliphatic carbocycles. The summed E-state index contributed by atoms with van der Waals surface area (Å²) < 4.78 is 12.3. The summed E-state index contributed by atoms with van der Waals surface area (Å²) >= 11 is 1.25. The molecule has 34 heavy (non-hydrogen) atoms. The number of ketones is 1. The fraction of sp³-hybridized carbons (Fsp3) is 0.222. The first kappa shape index (κ1) is 23.6. The summed E-state index contributed by atoms with van der Waals surface area (Å²) in [5.41, 5.74) is 4.70. The fourth-order valence-electron chi connectivity index (χ4n) is 4.22. The quantitative estimate of drug-likeness (QED) is 0.206. The second-order valence-electron chi connectivity index (χ2n) is 8.08. The molecule has 4 rings (SSSR count). The lowest BCUT2D eigenvalue weighted by Gasteiger charge is -2.16. The zero-order valence-corrected chi connectivity index (χ0v) is 20.7. The minimum absolute atomic E-state index is 0.00118. The summed E-state index contributed by atoms with van der Waals surface area (Å²) in [4.78, 5) is 31.4. The molecule has 0 amide bonds. The van der Waals surface area contributed by atoms with Crippen molar-refractivity contribution in [3.05, 3.63) is 87.2 Å². The van der Waals surface area contributed by atoms with Gasteiger partial charge < -0.3 is 9.47 Å². The molecule has 7 heteroatoms. The van der Waals surface area contributed by atoms with Gasteiger partial charge in [0.25, 0.3) is 5.56 Å². The monoisotopic (exact) mass is 474 g/mol. The van der Waals surface area contributed by atoms with E-state index in [2.05, 4.69) is 0 Å². The SMILES string of the molecule is COc1ccc(-n2c(SCC(=O)c3c(C)cc(C)cc3C)nc3ccccc3c2=O)cc1OC. The molecule has 0 unspecified atom stereocenters. The number of Topliss-reactive ketones (excluding diaryl/α,β-unsaturated/α-hetero) is 1. The molecule has 0 saturated heterocycles. The number of methoxy groups -OCH3 is 2. The normalized spacial score (nSPS) is 11.0. The number of rotatable bonds is 7. The Morgan fingerprint density at radius 3 is 2.29 bits per heavy atom. The third-order valence-electron chi connectivity index (χ3n) is 5.66. The first-order valence-electron chi connectivity index (χ1n) is 10.8. The summed E-state index contributed by atoms with van der Waals surface area (Å²) in [6.45, 7) is 5.92. The number of ether oxygens (including phenoxy) is 2. The maximum absolute atomic E-state index is 13.5. The van der Waals surface area contributed by atoms with Crippen molar-refractivity contribution < 1.29 is 14.3 Å². The first-order valence-corrected chi connectivity index (χ1v) is 11.8. The Balaban J connectivity index is 1.80. The van der Waals surface area contributed by atoms with E-state index in [0.29, 0.717) is 33.2 Å². The van der Waals surface area contributed by atoms with Gasteiger partial charge >= 0.3 is 0 Å². The highest BCUT2D eigenvalue weighted by Gasteiger charge is 2.18. The van der Waals surface area contributed by atoms with Gasteiger partial charge in [0.05, 0.1) is 36.6 Å². The van der Waals surface area contributed by atoms with Crippen LogP contribution >= 0.6 is 11.8 Å². The van der Waals surface area contributed by atoms with E-state index in [0.717, 1.165) is 22.3 Å². The van der Waals surface area contributed by atoms with Gasteiger partial charge in [-0.05, 0) is 56.2 Å². The van der Waals surface area contributed by atoms with Crippen LogP contribution in [0.2, 0.25) is 0 Å². The summed E-state index contributed by atoms with van der Waals surface area (Å²) in [5, 5.41) is 0.935. The zero-order chi connectivity index (χ0) is 24.4. The number of aryl methyl sites for hydroxylation is 3. The molecule has 4 aromatic rings. The average Bonchev–Trinajstić information content (AvgIpc) is 2.81. The van der Waals surface area contributed by atoms with Crippen LogP contribution < -0.4 is 15.0 Å². The van der Waals surface area contributed by atoms with Gasteiger partial charge in [-0.15, -0.1) is 0 Å². The number of carbonyl (C=O) groups excluding carboxylic acids is 1. The van der Waals surface area contributed by atoms with Crippen molar-refractivity contribution in [2.45, 2.75) is 25.9 Å². The van der Waals surface area contributed by atoms with Gasteiger partial charge in [0.1, 0.15) is 0 Å². The molecular weight excluding hydrogens is 448 g/mol. The van der Waals surface area contributed by atoms with E-state index in [9.17, 15) is 9.59 Å². The highest BCUT2D eigenvalue weighted by atomic mass is 32.2. The van der Waals surface area contributed by atoms with Crippen molar-refractivity contribution in [3.8, 4) is 17.2 Å². The number of hydrogen-bond acceptors (Lipinski definition) is 6. The van der Waals surface area contributed by atoms with Crippen LogP contribution in [-0.2, 0) is 0 Å². The third kappa shape index (κ3) is 4.43. The van der Waals surface area contributed by atoms with Crippen molar-refractivity contribution in [2.75, 3.05) is 20.0 Å². The molecule has 0 spiro atoms. The zero-order valence-electron chi connectivity index (χ0n) is 19.8. The van der Waals surface area contributed by atoms with Gasteiger partial charge in [-0.2, -0.15) is 0 Å². The Labute approximate surface area is 202 Å². The van der Waals surface area contributed by atoms with Gasteiger partial charge in [0, 0.05) is 11.6 Å². The van der Waals surface area contributed by atoms with Gasteiger partial charge in [-0.3, -0.25) is 14.2 Å². The maximum atomic E-state index is 13.5. The second kappa shape index (κ2) is 9.73. The predicted octanol–water partition coefficient (Wildman–Crippen LogP) is 5.30. The number of hydrogen-bond donors (Lipinski definition) is 0. The largest absolute Gasteiger partial charge is 0.493 e. The van der Waals surface area contributed by atoms with E-state index in [4.69, 9.17) is 14.5 Å². The Bertz CT molecular complexity index is 1440. The van der Waals surface area contributed by atoms with Gasteiger partial charge in [-0.25, -0.2) is 4.98 Å². The van der Waals surface area contributed by atoms with Crippen molar-refractivity contribution in [3.63, 3.8) is 0 Å². The predicted molar refractivity (Wildman–Crippen MR) is 136 cm³/mol. The molecule has 0 bridgehead atoms. The molecule has 1 heterocycles. The van der Waals surface area contributed by atoms with Crippen molar-refractivity contribution in [1.29, 1.82) is 0 Å². The Morgan fingerprint density at radius 2 is 1.62 bits per heavy atom. The van der Waals surface area contributed by atoms with Crippen LogP contribution in [0.4, 0.5) is 0 Å². The minimum Gasteiger partial charge on any atom is -0.493 e. The van der Waals surface area contributed by atoms with E-state index in [1.54, 1.807) is 44.6 Å². The van der Waals surface area contributed by atoms with Crippen LogP contribution in [0.1, 0.15) is 27.0 Å². The Hall–Kier alpha value is -3.58. The number of benzene rings is 3. The molecule has 0 fully saturated rings. The van der Waals surface area contributed by atoms with E-state index in [-0.39, 0.29) is 17.1 Å². The molecule has 3 aromatic carbocycles. The summed E-state index contributed by atoms with van der Waals surface area (Å²) in [5.74, 6) is 1.21. The number of aromatic nitrogens is 2. The summed E-state index contributed by atoms with van der Waals surface area (Å²) in [7, 11) is 3.10. The fourth-order valence-corrected chi connectivity index (χ4v) is 5.11. The molecule has 174 valence electrons. The number of carbonyl (C=O) groups is 1. The Kier molecular flexibility index (Phi) is 6.75. The second-order valence-corrected chi connectivity index (χ2v) is 9.02. The van der Waals surface area contributed by atoms with Gasteiger partial charge in [-0.1, -0.05) is 41.6 Å². The molecule has 1 aromatic heterocycles. The van der Waals surface area contributed by atoms with Gasteiger partial charge in [0.2, 0.25) is 0 Å². The molecule has 0 N–H and O–H groups in total. The molecule has 6 nitrogen and oxygen atoms in total. The van der Waals surface area contributed by atoms with Crippen LogP contribution in [-0.4, -0.2) is 35.3 Å². The average molecular weight is 475 g/mol. The first-order chi connectivity index (χ1) is 16.3. The van der Waals surface area contributed by atoms with E-state index in [1.807, 2.05) is 45.0 Å².